The quantitative estimate of drug-likeness (QED) is 0.511. The summed E-state index contributed by atoms with van der Waals surface area (Å²) in [5, 5.41) is 2.50. The van der Waals surface area contributed by atoms with E-state index >= 15 is 0 Å². The molecule has 7 heteroatoms. The molecule has 0 spiro atoms. The number of anilines is 1. The number of carbonyl (C=O) groups excluding carboxylic acids is 1. The minimum absolute atomic E-state index is 0.204. The van der Waals surface area contributed by atoms with Gasteiger partial charge in [-0.05, 0) is 62.5 Å². The van der Waals surface area contributed by atoms with E-state index in [2.05, 4.69) is 23.7 Å². The summed E-state index contributed by atoms with van der Waals surface area (Å²) in [7, 11) is 0. The zero-order valence-corrected chi connectivity index (χ0v) is 16.9. The molecule has 0 aliphatic rings. The van der Waals surface area contributed by atoms with E-state index in [4.69, 9.17) is 4.42 Å². The van der Waals surface area contributed by atoms with Crippen LogP contribution in [0.1, 0.15) is 30.8 Å². The molecule has 3 aromatic rings. The number of furan rings is 1. The van der Waals surface area contributed by atoms with Gasteiger partial charge in [-0.1, -0.05) is 13.8 Å². The van der Waals surface area contributed by atoms with Crippen molar-refractivity contribution in [2.75, 3.05) is 31.1 Å². The molecular weight excluding hydrogens is 377 g/mol. The Morgan fingerprint density at radius 2 is 1.89 bits per heavy atom. The zero-order chi connectivity index (χ0) is 19.9. The first kappa shape index (κ1) is 20.2. The SMILES string of the molecule is CCN(CC)CCCN(C(=O)c1ccco1)c1nc(-c2ccc(F)cc2)cs1. The summed E-state index contributed by atoms with van der Waals surface area (Å²) >= 11 is 1.40. The number of hydrogen-bond acceptors (Lipinski definition) is 5. The first-order valence-corrected chi connectivity index (χ1v) is 10.3. The highest BCUT2D eigenvalue weighted by Gasteiger charge is 2.23. The van der Waals surface area contributed by atoms with Crippen molar-refractivity contribution in [1.29, 1.82) is 0 Å². The van der Waals surface area contributed by atoms with Gasteiger partial charge < -0.3 is 9.32 Å². The van der Waals surface area contributed by atoms with Gasteiger partial charge in [0.25, 0.3) is 5.91 Å². The van der Waals surface area contributed by atoms with E-state index in [1.165, 1.54) is 29.7 Å². The van der Waals surface area contributed by atoms with Crippen LogP contribution in [-0.4, -0.2) is 42.0 Å². The molecule has 2 aromatic heterocycles. The molecule has 0 saturated heterocycles. The number of rotatable bonds is 9. The Kier molecular flexibility index (Phi) is 6.95. The Hall–Kier alpha value is -2.51. The van der Waals surface area contributed by atoms with Crippen LogP contribution < -0.4 is 4.90 Å². The van der Waals surface area contributed by atoms with Crippen LogP contribution in [0, 0.1) is 5.82 Å². The Morgan fingerprint density at radius 3 is 2.54 bits per heavy atom. The van der Waals surface area contributed by atoms with Gasteiger partial charge in [0.2, 0.25) is 0 Å². The fourth-order valence-electron chi connectivity index (χ4n) is 2.95. The molecule has 5 nitrogen and oxygen atoms in total. The molecule has 0 bridgehead atoms. The second kappa shape index (κ2) is 9.61. The predicted octanol–water partition coefficient (Wildman–Crippen LogP) is 4.92. The maximum absolute atomic E-state index is 13.2. The van der Waals surface area contributed by atoms with Gasteiger partial charge >= 0.3 is 0 Å². The monoisotopic (exact) mass is 401 g/mol. The molecule has 0 aliphatic carbocycles. The summed E-state index contributed by atoms with van der Waals surface area (Å²) in [4.78, 5) is 21.6. The van der Waals surface area contributed by atoms with Crippen molar-refractivity contribution in [3.05, 3.63) is 59.6 Å². The lowest BCUT2D eigenvalue weighted by Gasteiger charge is -2.22. The van der Waals surface area contributed by atoms with Crippen molar-refractivity contribution >= 4 is 22.4 Å². The standard InChI is InChI=1S/C21H24FN3O2S/c1-3-24(4-2)12-6-13-25(20(26)19-7-5-14-27-19)21-23-18(15-28-21)16-8-10-17(22)11-9-16/h5,7-11,14-15H,3-4,6,12-13H2,1-2H3. The van der Waals surface area contributed by atoms with E-state index in [0.29, 0.717) is 17.4 Å². The molecule has 1 amide bonds. The average Bonchev–Trinajstić information content (AvgIpc) is 3.41. The Balaban J connectivity index is 1.80. The van der Waals surface area contributed by atoms with Gasteiger partial charge in [0, 0.05) is 17.5 Å². The van der Waals surface area contributed by atoms with E-state index in [1.54, 1.807) is 29.2 Å². The van der Waals surface area contributed by atoms with Crippen LogP contribution in [-0.2, 0) is 0 Å². The van der Waals surface area contributed by atoms with E-state index < -0.39 is 0 Å². The third kappa shape index (κ3) is 4.85. The smallest absolute Gasteiger partial charge is 0.295 e. The molecule has 0 N–H and O–H groups in total. The number of aromatic nitrogens is 1. The highest BCUT2D eigenvalue weighted by molar-refractivity contribution is 7.14. The number of carbonyl (C=O) groups is 1. The minimum atomic E-state index is -0.287. The number of nitrogens with zero attached hydrogens (tertiary/aromatic N) is 3. The summed E-state index contributed by atoms with van der Waals surface area (Å²) in [6.07, 6.45) is 2.33. The van der Waals surface area contributed by atoms with Crippen molar-refractivity contribution in [2.24, 2.45) is 0 Å². The van der Waals surface area contributed by atoms with Gasteiger partial charge in [-0.15, -0.1) is 11.3 Å². The van der Waals surface area contributed by atoms with Crippen LogP contribution in [0.4, 0.5) is 9.52 Å². The van der Waals surface area contributed by atoms with Crippen molar-refractivity contribution in [3.63, 3.8) is 0 Å². The van der Waals surface area contributed by atoms with Crippen molar-refractivity contribution < 1.29 is 13.6 Å². The summed E-state index contributed by atoms with van der Waals surface area (Å²) in [5.74, 6) is -0.198. The van der Waals surface area contributed by atoms with Crippen LogP contribution in [0.3, 0.4) is 0 Å². The fourth-order valence-corrected chi connectivity index (χ4v) is 3.81. The highest BCUT2D eigenvalue weighted by Crippen LogP contribution is 2.29. The van der Waals surface area contributed by atoms with Gasteiger partial charge in [0.05, 0.1) is 12.0 Å². The lowest BCUT2D eigenvalue weighted by Crippen LogP contribution is -2.34. The largest absolute Gasteiger partial charge is 0.459 e. The van der Waals surface area contributed by atoms with Crippen LogP contribution >= 0.6 is 11.3 Å². The number of halogens is 1. The molecular formula is C21H24FN3O2S. The summed E-state index contributed by atoms with van der Waals surface area (Å²) in [5.41, 5.74) is 1.54. The number of amides is 1. The molecule has 0 aliphatic heterocycles. The third-order valence-corrected chi connectivity index (χ3v) is 5.45. The summed E-state index contributed by atoms with van der Waals surface area (Å²) in [6.45, 7) is 7.68. The fraction of sp³-hybridized carbons (Fsp3) is 0.333. The Morgan fingerprint density at radius 1 is 1.14 bits per heavy atom. The first-order valence-electron chi connectivity index (χ1n) is 9.41. The zero-order valence-electron chi connectivity index (χ0n) is 16.1. The van der Waals surface area contributed by atoms with Crippen LogP contribution in [0.2, 0.25) is 0 Å². The molecule has 0 unspecified atom stereocenters. The van der Waals surface area contributed by atoms with Gasteiger partial charge in [-0.3, -0.25) is 9.69 Å². The lowest BCUT2D eigenvalue weighted by molar-refractivity contribution is 0.0959. The van der Waals surface area contributed by atoms with Crippen LogP contribution in [0.15, 0.2) is 52.5 Å². The molecule has 3 rings (SSSR count). The second-order valence-corrected chi connectivity index (χ2v) is 7.17. The summed E-state index contributed by atoms with van der Waals surface area (Å²) in [6, 6.07) is 9.55. The van der Waals surface area contributed by atoms with E-state index in [0.717, 1.165) is 37.3 Å². The van der Waals surface area contributed by atoms with E-state index in [9.17, 15) is 9.18 Å². The number of thiazole rings is 1. The van der Waals surface area contributed by atoms with Gasteiger partial charge in [-0.25, -0.2) is 9.37 Å². The van der Waals surface area contributed by atoms with Crippen molar-refractivity contribution in [1.82, 2.24) is 9.88 Å². The van der Waals surface area contributed by atoms with Gasteiger partial charge in [-0.2, -0.15) is 0 Å². The third-order valence-electron chi connectivity index (χ3n) is 4.59. The minimum Gasteiger partial charge on any atom is -0.459 e. The Bertz CT molecular complexity index is 873. The first-order chi connectivity index (χ1) is 13.6. The topological polar surface area (TPSA) is 49.6 Å². The maximum atomic E-state index is 13.2. The van der Waals surface area contributed by atoms with Crippen molar-refractivity contribution in [3.8, 4) is 11.3 Å². The van der Waals surface area contributed by atoms with E-state index in [1.807, 2.05) is 5.38 Å². The van der Waals surface area contributed by atoms with Crippen LogP contribution in [0.5, 0.6) is 0 Å². The predicted molar refractivity (Wildman–Crippen MR) is 110 cm³/mol. The molecule has 28 heavy (non-hydrogen) atoms. The molecule has 0 saturated carbocycles. The molecule has 0 atom stereocenters. The Labute approximate surface area is 168 Å². The lowest BCUT2D eigenvalue weighted by atomic mass is 10.2. The molecule has 0 fully saturated rings. The second-order valence-electron chi connectivity index (χ2n) is 6.34. The number of benzene rings is 1. The molecule has 0 radical (unpaired) electrons. The van der Waals surface area contributed by atoms with Crippen molar-refractivity contribution in [2.45, 2.75) is 20.3 Å². The molecule has 1 aromatic carbocycles. The number of hydrogen-bond donors (Lipinski definition) is 0. The van der Waals surface area contributed by atoms with Crippen LogP contribution in [0.25, 0.3) is 11.3 Å². The van der Waals surface area contributed by atoms with E-state index in [-0.39, 0.29) is 11.7 Å². The van der Waals surface area contributed by atoms with Gasteiger partial charge in [0.1, 0.15) is 5.82 Å². The average molecular weight is 402 g/mol. The summed E-state index contributed by atoms with van der Waals surface area (Å²) < 4.78 is 18.5. The van der Waals surface area contributed by atoms with Gasteiger partial charge in [0.15, 0.2) is 10.9 Å². The molecule has 148 valence electrons. The molecule has 2 heterocycles. The maximum Gasteiger partial charge on any atom is 0.295 e. The normalized spacial score (nSPS) is 11.1. The highest BCUT2D eigenvalue weighted by atomic mass is 32.1.